The van der Waals surface area contributed by atoms with Crippen molar-refractivity contribution in [2.75, 3.05) is 11.5 Å². The van der Waals surface area contributed by atoms with E-state index in [9.17, 15) is 0 Å². The first-order valence-corrected chi connectivity index (χ1v) is 9.54. The van der Waals surface area contributed by atoms with E-state index in [-0.39, 0.29) is 0 Å². The highest BCUT2D eigenvalue weighted by atomic mass is 14.6. The third-order valence-electron chi connectivity index (χ3n) is 5.59. The van der Waals surface area contributed by atoms with Crippen LogP contribution in [0.5, 0.6) is 0 Å². The maximum atomic E-state index is 8.24. The van der Waals surface area contributed by atoms with Gasteiger partial charge in [0.25, 0.3) is 0 Å². The summed E-state index contributed by atoms with van der Waals surface area (Å²) in [6.45, 7) is 12.2. The van der Waals surface area contributed by atoms with Gasteiger partial charge in [-0.1, -0.05) is 0 Å². The summed E-state index contributed by atoms with van der Waals surface area (Å²) < 4.78 is 0. The van der Waals surface area contributed by atoms with E-state index in [1.807, 2.05) is 41.5 Å². The Bertz CT molecular complexity index is 965. The van der Waals surface area contributed by atoms with Crippen LogP contribution in [0.15, 0.2) is 53.1 Å². The van der Waals surface area contributed by atoms with Gasteiger partial charge in [0.1, 0.15) is 0 Å². The molecule has 28 heavy (non-hydrogen) atoms. The summed E-state index contributed by atoms with van der Waals surface area (Å²) >= 11 is 0. The van der Waals surface area contributed by atoms with Crippen molar-refractivity contribution in [3.63, 3.8) is 0 Å². The molecule has 0 fully saturated rings. The Morgan fingerprint density at radius 1 is 0.643 bits per heavy atom. The zero-order valence-electron chi connectivity index (χ0n) is 17.6. The quantitative estimate of drug-likeness (QED) is 0.582. The molecule has 3 rings (SSSR count). The van der Waals surface area contributed by atoms with Gasteiger partial charge in [-0.05, 0) is 134 Å². The van der Waals surface area contributed by atoms with E-state index >= 15 is 0 Å². The van der Waals surface area contributed by atoms with E-state index in [0.29, 0.717) is 5.71 Å². The molecule has 2 aromatic rings. The molecule has 0 spiro atoms. The molecule has 1 aliphatic carbocycles. The third-order valence-corrected chi connectivity index (χ3v) is 5.59. The van der Waals surface area contributed by atoms with E-state index in [4.69, 9.17) is 16.9 Å². The van der Waals surface area contributed by atoms with Gasteiger partial charge in [-0.25, -0.2) is 0 Å². The van der Waals surface area contributed by atoms with Crippen LogP contribution in [-0.2, 0) is 0 Å². The molecule has 1 aliphatic rings. The molecule has 0 atom stereocenters. The molecular weight excluding hydrogens is 342 g/mol. The summed E-state index contributed by atoms with van der Waals surface area (Å²) in [7, 11) is 0. The van der Waals surface area contributed by atoms with Crippen LogP contribution in [0.4, 0.5) is 11.4 Å². The number of hydrogen-bond acceptors (Lipinski definition) is 3. The number of allylic oxidation sites excluding steroid dienone is 5. The highest BCUT2D eigenvalue weighted by Gasteiger charge is 2.18. The Morgan fingerprint density at radius 3 is 1.29 bits per heavy atom. The minimum atomic E-state index is 0.595. The van der Waals surface area contributed by atoms with Gasteiger partial charge >= 0.3 is 0 Å². The minimum Gasteiger partial charge on any atom is -0.398 e. The van der Waals surface area contributed by atoms with E-state index in [0.717, 1.165) is 67.0 Å². The smallest absolute Gasteiger partial charge is 0.0598 e. The number of anilines is 2. The fraction of sp³-hybridized carbons (Fsp3) is 0.240. The van der Waals surface area contributed by atoms with Crippen molar-refractivity contribution >= 4 is 22.7 Å². The molecule has 2 aromatic carbocycles. The van der Waals surface area contributed by atoms with E-state index in [2.05, 4.69) is 36.4 Å². The lowest BCUT2D eigenvalue weighted by Crippen LogP contribution is -2.07. The molecule has 144 valence electrons. The fourth-order valence-electron chi connectivity index (χ4n) is 3.85. The summed E-state index contributed by atoms with van der Waals surface area (Å²) in [4.78, 5) is 0. The average Bonchev–Trinajstić information content (AvgIpc) is 2.62. The molecule has 0 radical (unpaired) electrons. The van der Waals surface area contributed by atoms with Crippen LogP contribution < -0.4 is 11.5 Å². The van der Waals surface area contributed by atoms with Gasteiger partial charge in [0.05, 0.1) is 5.71 Å². The van der Waals surface area contributed by atoms with Gasteiger partial charge in [0, 0.05) is 11.4 Å². The zero-order valence-corrected chi connectivity index (χ0v) is 17.6. The van der Waals surface area contributed by atoms with Crippen molar-refractivity contribution in [2.24, 2.45) is 0 Å². The topological polar surface area (TPSA) is 75.9 Å². The van der Waals surface area contributed by atoms with Gasteiger partial charge in [-0.2, -0.15) is 0 Å². The van der Waals surface area contributed by atoms with E-state index < -0.39 is 0 Å². The molecule has 0 saturated carbocycles. The zero-order chi connectivity index (χ0) is 20.7. The summed E-state index contributed by atoms with van der Waals surface area (Å²) in [6, 6.07) is 8.60. The molecule has 0 saturated heterocycles. The van der Waals surface area contributed by atoms with Crippen LogP contribution in [0.2, 0.25) is 0 Å². The van der Waals surface area contributed by atoms with Crippen LogP contribution in [-0.4, -0.2) is 5.71 Å². The molecule has 3 heteroatoms. The van der Waals surface area contributed by atoms with Crippen LogP contribution in [0.1, 0.15) is 47.2 Å². The average molecular weight is 372 g/mol. The lowest BCUT2D eigenvalue weighted by atomic mass is 9.85. The lowest BCUT2D eigenvalue weighted by molar-refractivity contribution is 1.32. The Morgan fingerprint density at radius 2 is 0.964 bits per heavy atom. The van der Waals surface area contributed by atoms with Crippen molar-refractivity contribution in [1.29, 1.82) is 5.41 Å². The minimum absolute atomic E-state index is 0.595. The first-order valence-electron chi connectivity index (χ1n) is 9.54. The monoisotopic (exact) mass is 371 g/mol. The Hall–Kier alpha value is -3.07. The van der Waals surface area contributed by atoms with Crippen LogP contribution >= 0.6 is 0 Å². The molecule has 5 N–H and O–H groups in total. The van der Waals surface area contributed by atoms with Gasteiger partial charge < -0.3 is 16.9 Å². The first-order chi connectivity index (χ1) is 13.1. The SMILES string of the molecule is CC1=CC(=C(c2cc(C)c(N)c(C)c2)c2cc(C)c(N)c(C)c2)C=C(C)C1=N. The predicted molar refractivity (Wildman–Crippen MR) is 122 cm³/mol. The van der Waals surface area contributed by atoms with Crippen molar-refractivity contribution in [1.82, 2.24) is 0 Å². The maximum absolute atomic E-state index is 8.24. The Labute approximate surface area is 168 Å². The largest absolute Gasteiger partial charge is 0.398 e. The predicted octanol–water partition coefficient (Wildman–Crippen LogP) is 5.81. The van der Waals surface area contributed by atoms with E-state index in [1.165, 1.54) is 0 Å². The summed E-state index contributed by atoms with van der Waals surface area (Å²) in [5, 5.41) is 8.24. The summed E-state index contributed by atoms with van der Waals surface area (Å²) in [5.41, 5.74) is 25.4. The molecule has 0 bridgehead atoms. The number of nitrogens with two attached hydrogens (primary N) is 2. The fourth-order valence-corrected chi connectivity index (χ4v) is 3.85. The number of rotatable bonds is 2. The highest BCUT2D eigenvalue weighted by molar-refractivity contribution is 6.12. The van der Waals surface area contributed by atoms with Crippen molar-refractivity contribution in [3.05, 3.63) is 86.5 Å². The number of hydrogen-bond donors (Lipinski definition) is 3. The second-order valence-corrected chi connectivity index (χ2v) is 7.91. The molecule has 0 aromatic heterocycles. The molecule has 3 nitrogen and oxygen atoms in total. The van der Waals surface area contributed by atoms with E-state index in [1.54, 1.807) is 0 Å². The summed E-state index contributed by atoms with van der Waals surface area (Å²) in [6.07, 6.45) is 4.21. The second-order valence-electron chi connectivity index (χ2n) is 7.91. The molecular formula is C25H29N3. The van der Waals surface area contributed by atoms with Crippen LogP contribution in [0.3, 0.4) is 0 Å². The summed E-state index contributed by atoms with van der Waals surface area (Å²) in [5.74, 6) is 0. The van der Waals surface area contributed by atoms with Crippen LogP contribution in [0, 0.1) is 33.1 Å². The standard InChI is InChI=1S/C25H29N3/c1-13-7-19(8-14(2)23(13)26)22(20-9-15(3)24(27)16(4)10-20)21-11-17(5)25(28)18(6)12-21/h7-12,26H,27-28H2,1-6H3. The van der Waals surface area contributed by atoms with Gasteiger partial charge in [-0.15, -0.1) is 0 Å². The van der Waals surface area contributed by atoms with Crippen molar-refractivity contribution in [2.45, 2.75) is 41.5 Å². The molecule has 0 amide bonds. The van der Waals surface area contributed by atoms with Gasteiger partial charge in [0.2, 0.25) is 0 Å². The van der Waals surface area contributed by atoms with Gasteiger partial charge in [-0.3, -0.25) is 0 Å². The number of aryl methyl sites for hydroxylation is 4. The number of benzene rings is 2. The Balaban J connectivity index is 2.40. The Kier molecular flexibility index (Phi) is 5.03. The highest BCUT2D eigenvalue weighted by Crippen LogP contribution is 2.36. The first kappa shape index (κ1) is 19.7. The van der Waals surface area contributed by atoms with Gasteiger partial charge in [0.15, 0.2) is 0 Å². The molecule has 0 heterocycles. The second kappa shape index (κ2) is 7.16. The molecule has 0 unspecified atom stereocenters. The maximum Gasteiger partial charge on any atom is 0.0598 e. The number of nitrogen functional groups attached to an aromatic ring is 2. The van der Waals surface area contributed by atoms with Crippen molar-refractivity contribution < 1.29 is 0 Å². The molecule has 0 aliphatic heterocycles. The normalized spacial score (nSPS) is 14.1. The number of nitrogens with one attached hydrogen (secondary N) is 1. The third kappa shape index (κ3) is 3.40. The van der Waals surface area contributed by atoms with Crippen LogP contribution in [0.25, 0.3) is 5.57 Å². The lowest BCUT2D eigenvalue weighted by Gasteiger charge is -2.20. The van der Waals surface area contributed by atoms with Crippen molar-refractivity contribution in [3.8, 4) is 0 Å².